The van der Waals surface area contributed by atoms with E-state index in [1.54, 1.807) is 11.9 Å². The van der Waals surface area contributed by atoms with Crippen molar-refractivity contribution in [2.75, 3.05) is 13.2 Å². The fraction of sp³-hybridized carbons (Fsp3) is 0.571. The number of ether oxygens (including phenoxy) is 1. The Morgan fingerprint density at radius 1 is 1.45 bits per heavy atom. The minimum atomic E-state index is -0.567. The van der Waals surface area contributed by atoms with Crippen LogP contribution in [0.5, 0.6) is 0 Å². The Balaban J connectivity index is 1.80. The van der Waals surface area contributed by atoms with Crippen molar-refractivity contribution < 1.29 is 14.3 Å². The molecule has 3 rings (SSSR count). The summed E-state index contributed by atoms with van der Waals surface area (Å²) >= 11 is 0. The lowest BCUT2D eigenvalue weighted by atomic mass is 10.2. The van der Waals surface area contributed by atoms with Crippen LogP contribution in [0.25, 0.3) is 0 Å². The van der Waals surface area contributed by atoms with Crippen molar-refractivity contribution >= 4 is 11.9 Å². The first-order valence-corrected chi connectivity index (χ1v) is 7.17. The number of rotatable bonds is 3. The van der Waals surface area contributed by atoms with Crippen LogP contribution in [0.4, 0.5) is 0 Å². The van der Waals surface area contributed by atoms with E-state index in [-0.39, 0.29) is 18.1 Å². The summed E-state index contributed by atoms with van der Waals surface area (Å²) in [5, 5.41) is 6.67. The van der Waals surface area contributed by atoms with Crippen molar-refractivity contribution in [3.63, 3.8) is 0 Å². The molecule has 1 N–H and O–H groups in total. The summed E-state index contributed by atoms with van der Waals surface area (Å²) in [4.78, 5) is 24.3. The highest BCUT2D eigenvalue weighted by Gasteiger charge is 2.40. The van der Waals surface area contributed by atoms with Crippen LogP contribution in [0, 0.1) is 0 Å². The van der Waals surface area contributed by atoms with E-state index in [0.29, 0.717) is 12.6 Å². The number of carbonyl (C=O) groups excluding carboxylic acids is 2. The van der Waals surface area contributed by atoms with Gasteiger partial charge in [-0.05, 0) is 25.8 Å². The first-order valence-electron chi connectivity index (χ1n) is 7.17. The largest absolute Gasteiger partial charge is 0.462 e. The maximum atomic E-state index is 12.5. The maximum Gasteiger partial charge on any atom is 0.345 e. The van der Waals surface area contributed by atoms with Gasteiger partial charge in [0.15, 0.2) is 0 Å². The van der Waals surface area contributed by atoms with E-state index >= 15 is 0 Å². The third kappa shape index (κ3) is 2.10. The summed E-state index contributed by atoms with van der Waals surface area (Å²) in [6, 6.07) is 0.385. The van der Waals surface area contributed by atoms with E-state index in [1.165, 1.54) is 19.0 Å². The molecule has 0 radical (unpaired) electrons. The SMILES string of the molecule is CCOC(=O)C1=CNC2=CCN(C3CCCC3)N2C1=O. The molecule has 6 heteroatoms. The predicted octanol–water partition coefficient (Wildman–Crippen LogP) is 0.880. The van der Waals surface area contributed by atoms with Crippen LogP contribution in [0.2, 0.25) is 0 Å². The smallest absolute Gasteiger partial charge is 0.345 e. The van der Waals surface area contributed by atoms with Gasteiger partial charge in [-0.25, -0.2) is 14.8 Å². The monoisotopic (exact) mass is 277 g/mol. The van der Waals surface area contributed by atoms with Crippen LogP contribution in [0.3, 0.4) is 0 Å². The van der Waals surface area contributed by atoms with Crippen LogP contribution in [0.1, 0.15) is 32.6 Å². The van der Waals surface area contributed by atoms with Gasteiger partial charge in [-0.3, -0.25) is 4.79 Å². The molecule has 0 atom stereocenters. The number of hydrazine groups is 1. The Kier molecular flexibility index (Phi) is 3.48. The molecule has 0 unspecified atom stereocenters. The number of nitrogens with one attached hydrogen (secondary N) is 1. The molecule has 0 spiro atoms. The van der Waals surface area contributed by atoms with Gasteiger partial charge in [0.25, 0.3) is 5.91 Å². The average Bonchev–Trinajstić information content (AvgIpc) is 3.08. The molecule has 108 valence electrons. The Bertz CT molecular complexity index is 492. The molecule has 6 nitrogen and oxygen atoms in total. The summed E-state index contributed by atoms with van der Waals surface area (Å²) in [7, 11) is 0. The Morgan fingerprint density at radius 3 is 2.90 bits per heavy atom. The van der Waals surface area contributed by atoms with Gasteiger partial charge in [-0.15, -0.1) is 0 Å². The summed E-state index contributed by atoms with van der Waals surface area (Å²) in [5.74, 6) is -0.116. The summed E-state index contributed by atoms with van der Waals surface area (Å²) in [6.45, 7) is 2.70. The van der Waals surface area contributed by atoms with E-state index in [2.05, 4.69) is 10.3 Å². The van der Waals surface area contributed by atoms with Gasteiger partial charge < -0.3 is 10.1 Å². The Hall–Kier alpha value is -1.82. The zero-order valence-corrected chi connectivity index (χ0v) is 11.6. The highest BCUT2D eigenvalue weighted by molar-refractivity contribution is 6.17. The molecule has 1 aliphatic carbocycles. The molecule has 20 heavy (non-hydrogen) atoms. The van der Waals surface area contributed by atoms with Crippen molar-refractivity contribution in [3.8, 4) is 0 Å². The van der Waals surface area contributed by atoms with Crippen LogP contribution in [0.15, 0.2) is 23.7 Å². The second kappa shape index (κ2) is 5.28. The standard InChI is InChI=1S/C14H19N3O3/c1-2-20-14(19)11-9-15-12-7-8-16(17(12)13(11)18)10-5-3-4-6-10/h7,9-10,15H,2-6,8H2,1H3. The minimum absolute atomic E-state index is 0.0638. The molecule has 3 aliphatic rings. The molecule has 1 fully saturated rings. The van der Waals surface area contributed by atoms with Crippen LogP contribution in [-0.4, -0.2) is 41.1 Å². The molecular weight excluding hydrogens is 258 g/mol. The van der Waals surface area contributed by atoms with Crippen molar-refractivity contribution in [2.24, 2.45) is 0 Å². The molecule has 0 aromatic carbocycles. The molecule has 1 saturated carbocycles. The lowest BCUT2D eigenvalue weighted by Gasteiger charge is -2.36. The fourth-order valence-electron chi connectivity index (χ4n) is 3.02. The lowest BCUT2D eigenvalue weighted by Crippen LogP contribution is -2.51. The Labute approximate surface area is 118 Å². The van der Waals surface area contributed by atoms with Crippen molar-refractivity contribution in [1.82, 2.24) is 15.3 Å². The topological polar surface area (TPSA) is 61.9 Å². The van der Waals surface area contributed by atoms with E-state index in [0.717, 1.165) is 18.7 Å². The predicted molar refractivity (Wildman–Crippen MR) is 71.7 cm³/mol. The van der Waals surface area contributed by atoms with E-state index in [4.69, 9.17) is 4.74 Å². The molecule has 0 aromatic rings. The molecule has 0 bridgehead atoms. The quantitative estimate of drug-likeness (QED) is 0.613. The third-order valence-corrected chi connectivity index (χ3v) is 3.99. The number of esters is 1. The first kappa shape index (κ1) is 13.2. The number of hydrogen-bond donors (Lipinski definition) is 1. The molecular formula is C14H19N3O3. The van der Waals surface area contributed by atoms with Gasteiger partial charge in [0.1, 0.15) is 11.4 Å². The molecule has 2 aliphatic heterocycles. The second-order valence-corrected chi connectivity index (χ2v) is 5.19. The van der Waals surface area contributed by atoms with Gasteiger partial charge in [0, 0.05) is 18.8 Å². The van der Waals surface area contributed by atoms with E-state index < -0.39 is 5.97 Å². The average molecular weight is 277 g/mol. The second-order valence-electron chi connectivity index (χ2n) is 5.19. The number of hydrogen-bond acceptors (Lipinski definition) is 5. The van der Waals surface area contributed by atoms with Crippen LogP contribution < -0.4 is 5.32 Å². The Morgan fingerprint density at radius 2 is 2.20 bits per heavy atom. The third-order valence-electron chi connectivity index (χ3n) is 3.99. The number of carbonyl (C=O) groups is 2. The summed E-state index contributed by atoms with van der Waals surface area (Å²) in [6.07, 6.45) is 8.03. The first-order chi connectivity index (χ1) is 9.72. The summed E-state index contributed by atoms with van der Waals surface area (Å²) < 4.78 is 4.93. The molecule has 0 aromatic heterocycles. The molecule has 1 amide bonds. The van der Waals surface area contributed by atoms with Gasteiger partial charge >= 0.3 is 5.97 Å². The summed E-state index contributed by atoms with van der Waals surface area (Å²) in [5.41, 5.74) is 0.0638. The number of amides is 1. The van der Waals surface area contributed by atoms with E-state index in [9.17, 15) is 9.59 Å². The fourth-order valence-corrected chi connectivity index (χ4v) is 3.02. The van der Waals surface area contributed by atoms with Gasteiger partial charge in [-0.1, -0.05) is 12.8 Å². The van der Waals surface area contributed by atoms with Crippen LogP contribution in [-0.2, 0) is 14.3 Å². The minimum Gasteiger partial charge on any atom is -0.462 e. The number of fused-ring (bicyclic) bond motifs is 1. The zero-order valence-electron chi connectivity index (χ0n) is 11.6. The molecule has 0 saturated heterocycles. The van der Waals surface area contributed by atoms with Gasteiger partial charge in [-0.2, -0.15) is 0 Å². The number of nitrogens with zero attached hydrogens (tertiary/aromatic N) is 2. The van der Waals surface area contributed by atoms with Gasteiger partial charge in [0.2, 0.25) is 0 Å². The maximum absolute atomic E-state index is 12.5. The van der Waals surface area contributed by atoms with E-state index in [1.807, 2.05) is 6.08 Å². The van der Waals surface area contributed by atoms with Gasteiger partial charge in [0.05, 0.1) is 6.61 Å². The highest BCUT2D eigenvalue weighted by atomic mass is 16.5. The highest BCUT2D eigenvalue weighted by Crippen LogP contribution is 2.31. The zero-order chi connectivity index (χ0) is 14.1. The molecule has 2 heterocycles. The van der Waals surface area contributed by atoms with Crippen molar-refractivity contribution in [2.45, 2.75) is 38.6 Å². The van der Waals surface area contributed by atoms with Crippen molar-refractivity contribution in [1.29, 1.82) is 0 Å². The lowest BCUT2D eigenvalue weighted by molar-refractivity contribution is -0.148. The normalized spacial score (nSPS) is 23.2. The van der Waals surface area contributed by atoms with Crippen LogP contribution >= 0.6 is 0 Å². The van der Waals surface area contributed by atoms with Crippen molar-refractivity contribution in [3.05, 3.63) is 23.7 Å².